The van der Waals surface area contributed by atoms with E-state index in [4.69, 9.17) is 9.47 Å². The summed E-state index contributed by atoms with van der Waals surface area (Å²) in [6, 6.07) is 19.2. The number of aromatic carboxylic acids is 1. The summed E-state index contributed by atoms with van der Waals surface area (Å²) in [4.78, 5) is 35.0. The van der Waals surface area contributed by atoms with E-state index in [0.717, 1.165) is 5.56 Å². The van der Waals surface area contributed by atoms with Crippen molar-refractivity contribution in [2.24, 2.45) is 0 Å². The lowest BCUT2D eigenvalue weighted by Gasteiger charge is -2.11. The number of carboxylic acids is 1. The molecule has 8 heteroatoms. The minimum Gasteiger partial charge on any atom is -0.478 e. The monoisotopic (exact) mass is 408 g/mol. The highest BCUT2D eigenvalue weighted by atomic mass is 16.6. The molecule has 0 aliphatic rings. The van der Waals surface area contributed by atoms with Crippen LogP contribution < -0.4 is 10.6 Å². The number of carboxylic acid groups (broad SMARTS) is 1. The number of hydrogen-bond acceptors (Lipinski definition) is 5. The first-order valence-electron chi connectivity index (χ1n) is 9.17. The normalized spacial score (nSPS) is 10.3. The van der Waals surface area contributed by atoms with Crippen molar-refractivity contribution in [2.75, 3.05) is 18.5 Å². The van der Waals surface area contributed by atoms with E-state index in [1.165, 1.54) is 12.1 Å². The van der Waals surface area contributed by atoms with Crippen LogP contribution in [0.2, 0.25) is 0 Å². The van der Waals surface area contributed by atoms with Crippen LogP contribution in [0.3, 0.4) is 0 Å². The van der Waals surface area contributed by atoms with Gasteiger partial charge in [0, 0.05) is 5.39 Å². The molecule has 0 heterocycles. The second-order valence-electron chi connectivity index (χ2n) is 6.30. The number of ether oxygens (including phenoxy) is 2. The summed E-state index contributed by atoms with van der Waals surface area (Å²) in [5.41, 5.74) is 1.23. The van der Waals surface area contributed by atoms with E-state index < -0.39 is 18.2 Å². The molecule has 3 aromatic rings. The van der Waals surface area contributed by atoms with Gasteiger partial charge in [0.15, 0.2) is 0 Å². The number of anilines is 1. The maximum absolute atomic E-state index is 12.1. The van der Waals surface area contributed by atoms with Gasteiger partial charge in [-0.1, -0.05) is 54.6 Å². The molecule has 8 nitrogen and oxygen atoms in total. The first-order valence-corrected chi connectivity index (χ1v) is 9.17. The summed E-state index contributed by atoms with van der Waals surface area (Å²) in [5, 5.41) is 15.6. The van der Waals surface area contributed by atoms with Gasteiger partial charge in [-0.3, -0.25) is 5.32 Å². The number of amides is 2. The van der Waals surface area contributed by atoms with Crippen molar-refractivity contribution in [2.45, 2.75) is 6.61 Å². The van der Waals surface area contributed by atoms with Crippen LogP contribution in [0.5, 0.6) is 0 Å². The van der Waals surface area contributed by atoms with Crippen molar-refractivity contribution in [1.82, 2.24) is 5.32 Å². The van der Waals surface area contributed by atoms with Gasteiger partial charge in [0.25, 0.3) is 0 Å². The predicted molar refractivity (Wildman–Crippen MR) is 111 cm³/mol. The van der Waals surface area contributed by atoms with Gasteiger partial charge in [0.1, 0.15) is 13.2 Å². The van der Waals surface area contributed by atoms with Gasteiger partial charge in [-0.05, 0) is 23.1 Å². The topological polar surface area (TPSA) is 114 Å². The van der Waals surface area contributed by atoms with Crippen molar-refractivity contribution in [3.63, 3.8) is 0 Å². The summed E-state index contributed by atoms with van der Waals surface area (Å²) < 4.78 is 10.1. The molecule has 0 bridgehead atoms. The van der Waals surface area contributed by atoms with Gasteiger partial charge < -0.3 is 19.9 Å². The van der Waals surface area contributed by atoms with Crippen LogP contribution >= 0.6 is 0 Å². The average Bonchev–Trinajstić information content (AvgIpc) is 2.76. The van der Waals surface area contributed by atoms with Gasteiger partial charge in [0.05, 0.1) is 17.8 Å². The Morgan fingerprint density at radius 1 is 0.867 bits per heavy atom. The number of rotatable bonds is 7. The third-order valence-electron chi connectivity index (χ3n) is 4.16. The molecule has 0 aromatic heterocycles. The molecule has 3 rings (SSSR count). The highest BCUT2D eigenvalue weighted by Crippen LogP contribution is 2.25. The molecule has 0 aliphatic heterocycles. The lowest BCUT2D eigenvalue weighted by atomic mass is 10.0. The van der Waals surface area contributed by atoms with Gasteiger partial charge in [-0.2, -0.15) is 0 Å². The second kappa shape index (κ2) is 9.92. The van der Waals surface area contributed by atoms with Crippen LogP contribution in [0.25, 0.3) is 10.8 Å². The van der Waals surface area contributed by atoms with Gasteiger partial charge in [0.2, 0.25) is 0 Å². The maximum atomic E-state index is 12.1. The number of alkyl carbamates (subject to hydrolysis) is 1. The molecule has 0 atom stereocenters. The zero-order valence-corrected chi connectivity index (χ0v) is 16.0. The van der Waals surface area contributed by atoms with Crippen molar-refractivity contribution >= 4 is 34.6 Å². The Hall–Kier alpha value is -4.07. The highest BCUT2D eigenvalue weighted by Gasteiger charge is 2.12. The summed E-state index contributed by atoms with van der Waals surface area (Å²) in [5.74, 6) is -1.10. The zero-order valence-electron chi connectivity index (χ0n) is 16.0. The largest absolute Gasteiger partial charge is 0.478 e. The van der Waals surface area contributed by atoms with Crippen molar-refractivity contribution < 1.29 is 29.0 Å². The molecule has 0 fully saturated rings. The first kappa shape index (κ1) is 20.7. The molecule has 0 radical (unpaired) electrons. The summed E-state index contributed by atoms with van der Waals surface area (Å²) >= 11 is 0. The Balaban J connectivity index is 1.47. The summed E-state index contributed by atoms with van der Waals surface area (Å²) in [7, 11) is 0. The Bertz CT molecular complexity index is 1050. The molecule has 3 N–H and O–H groups in total. The van der Waals surface area contributed by atoms with E-state index in [1.807, 2.05) is 30.3 Å². The van der Waals surface area contributed by atoms with Crippen molar-refractivity contribution in [3.05, 3.63) is 77.9 Å². The van der Waals surface area contributed by atoms with E-state index >= 15 is 0 Å². The second-order valence-corrected chi connectivity index (χ2v) is 6.30. The minimum atomic E-state index is -1.10. The van der Waals surface area contributed by atoms with Gasteiger partial charge in [-0.15, -0.1) is 0 Å². The first-order chi connectivity index (χ1) is 14.5. The van der Waals surface area contributed by atoms with Gasteiger partial charge in [-0.25, -0.2) is 14.4 Å². The third kappa shape index (κ3) is 5.71. The minimum absolute atomic E-state index is 0.0480. The molecular weight excluding hydrogens is 388 g/mol. The number of carbonyl (C=O) groups is 3. The average molecular weight is 408 g/mol. The Labute approximate surface area is 172 Å². The van der Waals surface area contributed by atoms with Crippen LogP contribution in [0, 0.1) is 0 Å². The zero-order chi connectivity index (χ0) is 21.3. The quantitative estimate of drug-likeness (QED) is 0.509. The molecule has 2 amide bonds. The maximum Gasteiger partial charge on any atom is 0.411 e. The lowest BCUT2D eigenvalue weighted by molar-refractivity contribution is 0.0697. The third-order valence-corrected chi connectivity index (χ3v) is 4.16. The molecule has 3 aromatic carbocycles. The number of hydrogen-bond donors (Lipinski definition) is 3. The molecule has 30 heavy (non-hydrogen) atoms. The molecule has 0 unspecified atom stereocenters. The van der Waals surface area contributed by atoms with Crippen LogP contribution in [0.15, 0.2) is 66.7 Å². The fourth-order valence-electron chi connectivity index (χ4n) is 2.75. The standard InChI is InChI=1S/C22H20N2O6/c25-20(26)17-12-16-8-4-5-9-18(16)19(13-17)24-22(28)29-11-10-23-21(27)30-14-15-6-2-1-3-7-15/h1-9,12-13H,10-11,14H2,(H,23,27)(H,24,28)(H,25,26). The SMILES string of the molecule is O=C(NCCOC(=O)Nc1cc(C(=O)O)cc2ccccc12)OCc1ccccc1. The van der Waals surface area contributed by atoms with Crippen LogP contribution in [-0.4, -0.2) is 36.4 Å². The van der Waals surface area contributed by atoms with E-state index in [1.54, 1.807) is 24.3 Å². The number of carbonyl (C=O) groups excluding carboxylic acids is 2. The summed E-state index contributed by atoms with van der Waals surface area (Å²) in [6.45, 7) is 0.126. The fraction of sp³-hybridized carbons (Fsp3) is 0.136. The number of fused-ring (bicyclic) bond motifs is 1. The molecule has 0 spiro atoms. The molecular formula is C22H20N2O6. The Morgan fingerprint density at radius 3 is 2.37 bits per heavy atom. The Morgan fingerprint density at radius 2 is 1.60 bits per heavy atom. The fourth-order valence-corrected chi connectivity index (χ4v) is 2.75. The molecule has 0 saturated carbocycles. The molecule has 0 aliphatic carbocycles. The van der Waals surface area contributed by atoms with Gasteiger partial charge >= 0.3 is 18.2 Å². The highest BCUT2D eigenvalue weighted by molar-refractivity contribution is 6.04. The Kier molecular flexibility index (Phi) is 6.83. The smallest absolute Gasteiger partial charge is 0.411 e. The van der Waals surface area contributed by atoms with Crippen LogP contribution in [0.4, 0.5) is 15.3 Å². The number of nitrogens with one attached hydrogen (secondary N) is 2. The van der Waals surface area contributed by atoms with Crippen LogP contribution in [0.1, 0.15) is 15.9 Å². The van der Waals surface area contributed by atoms with E-state index in [9.17, 15) is 19.5 Å². The predicted octanol–water partition coefficient (Wildman–Crippen LogP) is 4.01. The van der Waals surface area contributed by atoms with E-state index in [0.29, 0.717) is 16.5 Å². The van der Waals surface area contributed by atoms with Crippen molar-refractivity contribution in [1.29, 1.82) is 0 Å². The van der Waals surface area contributed by atoms with Crippen LogP contribution in [-0.2, 0) is 16.1 Å². The summed E-state index contributed by atoms with van der Waals surface area (Å²) in [6.07, 6.45) is -1.38. The lowest BCUT2D eigenvalue weighted by Crippen LogP contribution is -2.29. The van der Waals surface area contributed by atoms with E-state index in [2.05, 4.69) is 10.6 Å². The van der Waals surface area contributed by atoms with Crippen molar-refractivity contribution in [3.8, 4) is 0 Å². The number of benzene rings is 3. The van der Waals surface area contributed by atoms with E-state index in [-0.39, 0.29) is 25.3 Å². The molecule has 0 saturated heterocycles. The molecule has 154 valence electrons.